The molecule has 9 nitrogen and oxygen atoms in total. The van der Waals surface area contributed by atoms with Crippen LogP contribution >= 0.6 is 0 Å². The van der Waals surface area contributed by atoms with Gasteiger partial charge in [0.15, 0.2) is 5.82 Å². The van der Waals surface area contributed by atoms with Crippen LogP contribution in [0.25, 0.3) is 16.7 Å². The van der Waals surface area contributed by atoms with Crippen molar-refractivity contribution in [2.24, 2.45) is 0 Å². The topological polar surface area (TPSA) is 103 Å². The van der Waals surface area contributed by atoms with Crippen molar-refractivity contribution in [1.29, 1.82) is 0 Å². The average molecular weight is 400 g/mol. The van der Waals surface area contributed by atoms with E-state index >= 15 is 0 Å². The van der Waals surface area contributed by atoms with Gasteiger partial charge < -0.3 is 20.1 Å². The summed E-state index contributed by atoms with van der Waals surface area (Å²) in [5, 5.41) is 14.7. The van der Waals surface area contributed by atoms with E-state index in [2.05, 4.69) is 27.8 Å². The molecule has 0 bridgehead atoms. The predicted molar refractivity (Wildman–Crippen MR) is 112 cm³/mol. The van der Waals surface area contributed by atoms with Crippen LogP contribution in [0.1, 0.15) is 39.4 Å². The van der Waals surface area contributed by atoms with Crippen LogP contribution in [-0.4, -0.2) is 52.0 Å². The first kappa shape index (κ1) is 20.6. The number of carbonyl (C=O) groups is 1. The third-order valence-corrected chi connectivity index (χ3v) is 4.42. The summed E-state index contributed by atoms with van der Waals surface area (Å²) in [6.07, 6.45) is 1.96. The second-order valence-electron chi connectivity index (χ2n) is 6.96. The summed E-state index contributed by atoms with van der Waals surface area (Å²) in [5.74, 6) is 2.32. The number of unbranched alkanes of at least 4 members (excludes halogenated alkanes) is 1. The summed E-state index contributed by atoms with van der Waals surface area (Å²) in [6, 6.07) is 5.79. The quantitative estimate of drug-likeness (QED) is 0.532. The fourth-order valence-electron chi connectivity index (χ4n) is 3.05. The highest BCUT2D eigenvalue weighted by atomic mass is 16.6. The molecule has 3 aromatic rings. The first-order valence-corrected chi connectivity index (χ1v) is 9.93. The maximum Gasteiger partial charge on any atom is 0.407 e. The minimum absolute atomic E-state index is 0.118. The number of nitrogens with one attached hydrogen (secondary N) is 2. The molecule has 0 radical (unpaired) electrons. The number of anilines is 1. The lowest BCUT2D eigenvalue weighted by atomic mass is 10.2. The summed E-state index contributed by atoms with van der Waals surface area (Å²) in [6.45, 7) is 6.97. The summed E-state index contributed by atoms with van der Waals surface area (Å²) >= 11 is 0. The fourth-order valence-corrected chi connectivity index (χ4v) is 3.05. The first-order valence-electron chi connectivity index (χ1n) is 9.93. The summed E-state index contributed by atoms with van der Waals surface area (Å²) in [4.78, 5) is 16.2. The number of amides is 1. The Morgan fingerprint density at radius 1 is 1.21 bits per heavy atom. The summed E-state index contributed by atoms with van der Waals surface area (Å²) in [7, 11) is 1.64. The molecule has 9 heteroatoms. The molecule has 0 saturated carbocycles. The highest BCUT2D eigenvalue weighted by Gasteiger charge is 2.14. The third kappa shape index (κ3) is 4.85. The molecule has 0 atom stereocenters. The van der Waals surface area contributed by atoms with Crippen LogP contribution in [0, 0.1) is 0 Å². The SMILES string of the molecule is CCc1nnc2c(NCCCCNC(=O)OC(C)C)nc3cc(OC)ccc3n12. The number of aromatic nitrogens is 4. The van der Waals surface area contributed by atoms with Crippen molar-refractivity contribution >= 4 is 28.6 Å². The monoisotopic (exact) mass is 400 g/mol. The van der Waals surface area contributed by atoms with Gasteiger partial charge >= 0.3 is 6.09 Å². The van der Waals surface area contributed by atoms with Crippen molar-refractivity contribution in [1.82, 2.24) is 24.9 Å². The Balaban J connectivity index is 1.68. The van der Waals surface area contributed by atoms with Crippen molar-refractivity contribution in [3.8, 4) is 5.75 Å². The standard InChI is InChI=1S/C20H28N6O3/c1-5-17-24-25-19-18(21-10-6-7-11-22-20(27)29-13(2)3)23-15-12-14(28-4)8-9-16(15)26(17)19/h8-9,12-13H,5-7,10-11H2,1-4H3,(H,21,23)(H,22,27). The smallest absolute Gasteiger partial charge is 0.407 e. The minimum Gasteiger partial charge on any atom is -0.497 e. The van der Waals surface area contributed by atoms with E-state index in [-0.39, 0.29) is 12.2 Å². The van der Waals surface area contributed by atoms with Gasteiger partial charge in [0.2, 0.25) is 5.65 Å². The minimum atomic E-state index is -0.379. The Bertz CT molecular complexity index is 985. The highest BCUT2D eigenvalue weighted by molar-refractivity contribution is 5.84. The largest absolute Gasteiger partial charge is 0.497 e. The maximum atomic E-state index is 11.5. The Labute approximate surface area is 169 Å². The van der Waals surface area contributed by atoms with E-state index < -0.39 is 0 Å². The molecule has 1 aromatic carbocycles. The second kappa shape index (κ2) is 9.40. The van der Waals surface area contributed by atoms with Crippen LogP contribution in [0.15, 0.2) is 18.2 Å². The molecule has 0 unspecified atom stereocenters. The molecule has 2 aromatic heterocycles. The molecule has 3 rings (SSSR count). The van der Waals surface area contributed by atoms with Gasteiger partial charge in [0.25, 0.3) is 0 Å². The van der Waals surface area contributed by atoms with E-state index in [9.17, 15) is 4.79 Å². The van der Waals surface area contributed by atoms with Crippen LogP contribution in [0.2, 0.25) is 0 Å². The van der Waals surface area contributed by atoms with Gasteiger partial charge in [-0.15, -0.1) is 10.2 Å². The van der Waals surface area contributed by atoms with Crippen molar-refractivity contribution < 1.29 is 14.3 Å². The van der Waals surface area contributed by atoms with E-state index in [0.717, 1.165) is 41.9 Å². The van der Waals surface area contributed by atoms with Gasteiger partial charge in [-0.2, -0.15) is 0 Å². The van der Waals surface area contributed by atoms with Crippen molar-refractivity contribution in [2.75, 3.05) is 25.5 Å². The Hall–Kier alpha value is -3.10. The van der Waals surface area contributed by atoms with Crippen LogP contribution in [0.4, 0.5) is 10.6 Å². The van der Waals surface area contributed by atoms with Crippen LogP contribution in [0.3, 0.4) is 0 Å². The van der Waals surface area contributed by atoms with Gasteiger partial charge in [-0.1, -0.05) is 6.92 Å². The molecule has 2 N–H and O–H groups in total. The van der Waals surface area contributed by atoms with Crippen molar-refractivity contribution in [3.63, 3.8) is 0 Å². The molecule has 0 aliphatic rings. The zero-order chi connectivity index (χ0) is 20.8. The zero-order valence-electron chi connectivity index (χ0n) is 17.4. The van der Waals surface area contributed by atoms with E-state index in [0.29, 0.717) is 24.6 Å². The number of rotatable bonds is 9. The fraction of sp³-hybridized carbons (Fsp3) is 0.500. The second-order valence-corrected chi connectivity index (χ2v) is 6.96. The first-order chi connectivity index (χ1) is 14.0. The van der Waals surface area contributed by atoms with Gasteiger partial charge in [-0.05, 0) is 38.8 Å². The average Bonchev–Trinajstić information content (AvgIpc) is 3.14. The van der Waals surface area contributed by atoms with Crippen LogP contribution < -0.4 is 15.4 Å². The summed E-state index contributed by atoms with van der Waals surface area (Å²) < 4.78 is 12.4. The van der Waals surface area contributed by atoms with Crippen molar-refractivity contribution in [3.05, 3.63) is 24.0 Å². The molecule has 0 aliphatic heterocycles. The molecule has 0 saturated heterocycles. The Morgan fingerprint density at radius 3 is 2.72 bits per heavy atom. The number of aryl methyl sites for hydroxylation is 1. The number of methoxy groups -OCH3 is 1. The van der Waals surface area contributed by atoms with E-state index in [1.807, 2.05) is 36.4 Å². The van der Waals surface area contributed by atoms with Crippen LogP contribution in [-0.2, 0) is 11.2 Å². The lowest BCUT2D eigenvalue weighted by molar-refractivity contribution is 0.115. The molecule has 156 valence electrons. The highest BCUT2D eigenvalue weighted by Crippen LogP contribution is 2.25. The number of hydrogen-bond donors (Lipinski definition) is 2. The lowest BCUT2D eigenvalue weighted by Gasteiger charge is -2.11. The zero-order valence-corrected chi connectivity index (χ0v) is 17.4. The number of nitrogens with zero attached hydrogens (tertiary/aromatic N) is 4. The number of alkyl carbamates (subject to hydrolysis) is 1. The van der Waals surface area contributed by atoms with E-state index in [1.54, 1.807) is 7.11 Å². The van der Waals surface area contributed by atoms with Gasteiger partial charge in [0.1, 0.15) is 11.6 Å². The molecule has 1 amide bonds. The lowest BCUT2D eigenvalue weighted by Crippen LogP contribution is -2.27. The van der Waals surface area contributed by atoms with Crippen LogP contribution in [0.5, 0.6) is 5.75 Å². The molecular formula is C20H28N6O3. The molecular weight excluding hydrogens is 372 g/mol. The third-order valence-electron chi connectivity index (χ3n) is 4.42. The number of fused-ring (bicyclic) bond motifs is 3. The molecule has 0 aliphatic carbocycles. The normalized spacial score (nSPS) is 11.2. The maximum absolute atomic E-state index is 11.5. The van der Waals surface area contributed by atoms with E-state index in [1.165, 1.54) is 0 Å². The number of hydrogen-bond acceptors (Lipinski definition) is 7. The van der Waals surface area contributed by atoms with Gasteiger partial charge in [-0.25, -0.2) is 9.78 Å². The predicted octanol–water partition coefficient (Wildman–Crippen LogP) is 3.18. The Morgan fingerprint density at radius 2 is 2.00 bits per heavy atom. The van der Waals surface area contributed by atoms with Gasteiger partial charge in [0, 0.05) is 25.6 Å². The molecule has 0 spiro atoms. The number of carbonyl (C=O) groups excluding carboxylic acids is 1. The molecule has 0 fully saturated rings. The van der Waals surface area contributed by atoms with Gasteiger partial charge in [0.05, 0.1) is 24.2 Å². The van der Waals surface area contributed by atoms with Gasteiger partial charge in [-0.3, -0.25) is 4.40 Å². The summed E-state index contributed by atoms with van der Waals surface area (Å²) in [5.41, 5.74) is 2.46. The molecule has 29 heavy (non-hydrogen) atoms. The van der Waals surface area contributed by atoms with E-state index in [4.69, 9.17) is 14.5 Å². The number of ether oxygens (including phenoxy) is 2. The van der Waals surface area contributed by atoms with Crippen molar-refractivity contribution in [2.45, 2.75) is 46.1 Å². The Kier molecular flexibility index (Phi) is 6.69. The molecule has 2 heterocycles. The number of benzene rings is 1.